The molecular weight excluding hydrogens is 270 g/mol. The highest BCUT2D eigenvalue weighted by atomic mass is 15.1. The molecule has 0 aliphatic heterocycles. The molecule has 3 nitrogen and oxygen atoms in total. The van der Waals surface area contributed by atoms with E-state index in [0.717, 1.165) is 25.9 Å². The van der Waals surface area contributed by atoms with E-state index < -0.39 is 0 Å². The standard InChI is InChI=1S/C19H25N3/c1-2-17(18-11-7-4-8-12-18)15-22-19(20)21-14-13-16-9-5-3-6-10-16/h3-12,17H,2,13-15H2,1H3,(H3,20,21,22). The summed E-state index contributed by atoms with van der Waals surface area (Å²) in [5.74, 6) is 0.959. The van der Waals surface area contributed by atoms with Gasteiger partial charge in [-0.15, -0.1) is 0 Å². The fourth-order valence-corrected chi connectivity index (χ4v) is 2.44. The lowest BCUT2D eigenvalue weighted by molar-refractivity contribution is 0.671. The first-order valence-electron chi connectivity index (χ1n) is 7.92. The van der Waals surface area contributed by atoms with Crippen LogP contribution >= 0.6 is 0 Å². The van der Waals surface area contributed by atoms with Crippen molar-refractivity contribution in [2.45, 2.75) is 25.7 Å². The van der Waals surface area contributed by atoms with Gasteiger partial charge in [0.2, 0.25) is 0 Å². The maximum absolute atomic E-state index is 5.96. The van der Waals surface area contributed by atoms with Gasteiger partial charge >= 0.3 is 0 Å². The Labute approximate surface area is 133 Å². The van der Waals surface area contributed by atoms with Crippen LogP contribution < -0.4 is 11.1 Å². The largest absolute Gasteiger partial charge is 0.370 e. The summed E-state index contributed by atoms with van der Waals surface area (Å²) in [5, 5.41) is 3.19. The van der Waals surface area contributed by atoms with Crippen LogP contribution in [0.4, 0.5) is 0 Å². The molecule has 0 amide bonds. The summed E-state index contributed by atoms with van der Waals surface area (Å²) in [5.41, 5.74) is 8.59. The number of hydrogen-bond acceptors (Lipinski definition) is 1. The molecule has 0 heterocycles. The van der Waals surface area contributed by atoms with E-state index in [9.17, 15) is 0 Å². The van der Waals surface area contributed by atoms with Gasteiger partial charge in [-0.05, 0) is 24.0 Å². The molecule has 1 atom stereocenters. The fourth-order valence-electron chi connectivity index (χ4n) is 2.44. The molecule has 0 aliphatic rings. The zero-order chi connectivity index (χ0) is 15.6. The van der Waals surface area contributed by atoms with Gasteiger partial charge in [0, 0.05) is 19.0 Å². The highest BCUT2D eigenvalue weighted by Crippen LogP contribution is 2.19. The van der Waals surface area contributed by atoms with Crippen LogP contribution in [0.5, 0.6) is 0 Å². The van der Waals surface area contributed by atoms with Crippen molar-refractivity contribution in [1.29, 1.82) is 0 Å². The molecule has 2 aromatic carbocycles. The summed E-state index contributed by atoms with van der Waals surface area (Å²) in [6, 6.07) is 20.9. The first kappa shape index (κ1) is 16.1. The molecule has 0 bridgehead atoms. The van der Waals surface area contributed by atoms with Crippen molar-refractivity contribution >= 4 is 5.96 Å². The molecule has 0 fully saturated rings. The van der Waals surface area contributed by atoms with Crippen LogP contribution in [-0.4, -0.2) is 19.0 Å². The van der Waals surface area contributed by atoms with E-state index in [4.69, 9.17) is 5.73 Å². The zero-order valence-corrected chi connectivity index (χ0v) is 13.2. The first-order valence-corrected chi connectivity index (χ1v) is 7.92. The predicted octanol–water partition coefficient (Wildman–Crippen LogP) is 3.33. The summed E-state index contributed by atoms with van der Waals surface area (Å²) in [4.78, 5) is 4.49. The predicted molar refractivity (Wildman–Crippen MR) is 94.1 cm³/mol. The van der Waals surface area contributed by atoms with Crippen molar-refractivity contribution in [1.82, 2.24) is 5.32 Å². The highest BCUT2D eigenvalue weighted by molar-refractivity contribution is 5.77. The first-order chi connectivity index (χ1) is 10.8. The van der Waals surface area contributed by atoms with Gasteiger partial charge in [-0.25, -0.2) is 0 Å². The Morgan fingerprint density at radius 3 is 2.32 bits per heavy atom. The number of hydrogen-bond donors (Lipinski definition) is 2. The molecule has 3 heteroatoms. The Hall–Kier alpha value is -2.29. The molecule has 1 unspecified atom stereocenters. The van der Waals surface area contributed by atoms with Gasteiger partial charge in [-0.1, -0.05) is 67.6 Å². The number of nitrogens with two attached hydrogens (primary N) is 1. The van der Waals surface area contributed by atoms with E-state index in [1.165, 1.54) is 11.1 Å². The third-order valence-electron chi connectivity index (χ3n) is 3.81. The minimum absolute atomic E-state index is 0.427. The van der Waals surface area contributed by atoms with Crippen LogP contribution in [0.2, 0.25) is 0 Å². The van der Waals surface area contributed by atoms with Gasteiger partial charge in [-0.2, -0.15) is 0 Å². The number of guanidine groups is 1. The highest BCUT2D eigenvalue weighted by Gasteiger charge is 2.07. The number of aliphatic imine (C=N–C) groups is 1. The number of rotatable bonds is 7. The van der Waals surface area contributed by atoms with E-state index in [0.29, 0.717) is 11.9 Å². The number of nitrogens with zero attached hydrogens (tertiary/aromatic N) is 1. The van der Waals surface area contributed by atoms with Gasteiger partial charge in [0.05, 0.1) is 0 Å². The monoisotopic (exact) mass is 295 g/mol. The minimum Gasteiger partial charge on any atom is -0.370 e. The Balaban J connectivity index is 1.79. The van der Waals surface area contributed by atoms with E-state index in [2.05, 4.69) is 65.8 Å². The third kappa shape index (κ3) is 5.24. The second-order valence-corrected chi connectivity index (χ2v) is 5.40. The fraction of sp³-hybridized carbons (Fsp3) is 0.316. The van der Waals surface area contributed by atoms with Crippen molar-refractivity contribution < 1.29 is 0 Å². The van der Waals surface area contributed by atoms with E-state index >= 15 is 0 Å². The summed E-state index contributed by atoms with van der Waals surface area (Å²) in [6.07, 6.45) is 2.01. The Bertz CT molecular complexity index is 564. The Kier molecular flexibility index (Phi) is 6.49. The van der Waals surface area contributed by atoms with E-state index in [-0.39, 0.29) is 0 Å². The molecule has 116 valence electrons. The van der Waals surface area contributed by atoms with Crippen molar-refractivity contribution in [3.63, 3.8) is 0 Å². The molecule has 0 spiro atoms. The Morgan fingerprint density at radius 1 is 1.05 bits per heavy atom. The molecule has 22 heavy (non-hydrogen) atoms. The summed E-state index contributed by atoms with van der Waals surface area (Å²) < 4.78 is 0. The molecule has 2 rings (SSSR count). The van der Waals surface area contributed by atoms with E-state index in [1.54, 1.807) is 0 Å². The molecular formula is C19H25N3. The minimum atomic E-state index is 0.427. The number of nitrogens with one attached hydrogen (secondary N) is 1. The lowest BCUT2D eigenvalue weighted by Gasteiger charge is -2.13. The van der Waals surface area contributed by atoms with Crippen LogP contribution in [-0.2, 0) is 6.42 Å². The van der Waals surface area contributed by atoms with Gasteiger partial charge < -0.3 is 11.1 Å². The third-order valence-corrected chi connectivity index (χ3v) is 3.81. The second kappa shape index (κ2) is 8.88. The smallest absolute Gasteiger partial charge is 0.188 e. The second-order valence-electron chi connectivity index (χ2n) is 5.40. The van der Waals surface area contributed by atoms with Crippen molar-refractivity contribution in [2.24, 2.45) is 10.7 Å². The molecule has 3 N–H and O–H groups in total. The average molecular weight is 295 g/mol. The SMILES string of the molecule is CCC(CN=C(N)NCCc1ccccc1)c1ccccc1. The zero-order valence-electron chi connectivity index (χ0n) is 13.2. The number of benzene rings is 2. The van der Waals surface area contributed by atoms with Crippen molar-refractivity contribution in [3.8, 4) is 0 Å². The molecule has 2 aromatic rings. The summed E-state index contributed by atoms with van der Waals surface area (Å²) in [6.45, 7) is 3.72. The van der Waals surface area contributed by atoms with Gasteiger partial charge in [0.25, 0.3) is 0 Å². The maximum atomic E-state index is 5.96. The van der Waals surface area contributed by atoms with Gasteiger partial charge in [-0.3, -0.25) is 4.99 Å². The topological polar surface area (TPSA) is 50.4 Å². The lowest BCUT2D eigenvalue weighted by atomic mass is 9.97. The molecule has 0 saturated carbocycles. The summed E-state index contributed by atoms with van der Waals surface area (Å²) in [7, 11) is 0. The van der Waals surface area contributed by atoms with Crippen molar-refractivity contribution in [3.05, 3.63) is 71.8 Å². The van der Waals surface area contributed by atoms with Gasteiger partial charge in [0.15, 0.2) is 5.96 Å². The van der Waals surface area contributed by atoms with Crippen LogP contribution in [0.3, 0.4) is 0 Å². The van der Waals surface area contributed by atoms with E-state index in [1.807, 2.05) is 12.1 Å². The quantitative estimate of drug-likeness (QED) is 0.608. The molecule has 0 aromatic heterocycles. The van der Waals surface area contributed by atoms with Crippen molar-refractivity contribution in [2.75, 3.05) is 13.1 Å². The average Bonchev–Trinajstić information content (AvgIpc) is 2.57. The van der Waals surface area contributed by atoms with Gasteiger partial charge in [0.1, 0.15) is 0 Å². The lowest BCUT2D eigenvalue weighted by Crippen LogP contribution is -2.33. The van der Waals surface area contributed by atoms with Crippen LogP contribution in [0.15, 0.2) is 65.7 Å². The molecule has 0 saturated heterocycles. The van der Waals surface area contributed by atoms with Crippen LogP contribution in [0, 0.1) is 0 Å². The van der Waals surface area contributed by atoms with Crippen LogP contribution in [0.1, 0.15) is 30.4 Å². The maximum Gasteiger partial charge on any atom is 0.188 e. The summed E-state index contributed by atoms with van der Waals surface area (Å²) >= 11 is 0. The molecule has 0 aliphatic carbocycles. The Morgan fingerprint density at radius 2 is 1.68 bits per heavy atom. The molecule has 0 radical (unpaired) electrons. The van der Waals surface area contributed by atoms with Crippen LogP contribution in [0.25, 0.3) is 0 Å². The normalized spacial score (nSPS) is 12.9.